The summed E-state index contributed by atoms with van der Waals surface area (Å²) in [6.45, 7) is -1.40. The first-order chi connectivity index (χ1) is 8.79. The molecular weight excluding hydrogens is 265 g/mol. The van der Waals surface area contributed by atoms with Crippen LogP contribution in [0.5, 0.6) is 0 Å². The predicted octanol–water partition coefficient (Wildman–Crippen LogP) is 1.96. The molecule has 0 atom stereocenters. The van der Waals surface area contributed by atoms with E-state index in [1.807, 2.05) is 0 Å². The fourth-order valence-corrected chi connectivity index (χ4v) is 1.29. The largest absolute Gasteiger partial charge is 0.478 e. The third-order valence-corrected chi connectivity index (χ3v) is 2.13. The first-order valence-corrected chi connectivity index (χ1v) is 5.31. The molecule has 0 amide bonds. The van der Waals surface area contributed by atoms with Crippen LogP contribution in [0.15, 0.2) is 18.2 Å². The van der Waals surface area contributed by atoms with Crippen molar-refractivity contribution in [2.45, 2.75) is 6.18 Å². The Morgan fingerprint density at radius 1 is 1.42 bits per heavy atom. The van der Waals surface area contributed by atoms with Gasteiger partial charge in [-0.1, -0.05) is 0 Å². The van der Waals surface area contributed by atoms with Crippen LogP contribution in [0.1, 0.15) is 10.4 Å². The number of nitrogens with two attached hydrogens (primary N) is 1. The number of carbonyl (C=O) groups is 1. The van der Waals surface area contributed by atoms with Crippen LogP contribution < -0.4 is 11.1 Å². The van der Waals surface area contributed by atoms with E-state index in [0.29, 0.717) is 11.4 Å². The SMILES string of the molecule is Nc1ccc(C(=O)O)cc1NCCOCC(F)(F)F. The van der Waals surface area contributed by atoms with Crippen LogP contribution in [0.4, 0.5) is 24.5 Å². The van der Waals surface area contributed by atoms with Gasteiger partial charge in [0.2, 0.25) is 0 Å². The fraction of sp³-hybridized carbons (Fsp3) is 0.364. The van der Waals surface area contributed by atoms with Gasteiger partial charge < -0.3 is 20.9 Å². The second-order valence-corrected chi connectivity index (χ2v) is 3.70. The van der Waals surface area contributed by atoms with Gasteiger partial charge in [-0.2, -0.15) is 13.2 Å². The third kappa shape index (κ3) is 5.47. The zero-order valence-electron chi connectivity index (χ0n) is 9.83. The monoisotopic (exact) mass is 278 g/mol. The molecule has 0 aliphatic carbocycles. The molecule has 0 radical (unpaired) electrons. The lowest BCUT2D eigenvalue weighted by atomic mass is 10.2. The van der Waals surface area contributed by atoms with Crippen LogP contribution in [-0.4, -0.2) is 37.0 Å². The minimum atomic E-state index is -4.36. The minimum absolute atomic E-state index is 0.0351. The molecule has 0 saturated heterocycles. The van der Waals surface area contributed by atoms with Gasteiger partial charge in [0.25, 0.3) is 0 Å². The minimum Gasteiger partial charge on any atom is -0.478 e. The predicted molar refractivity (Wildman–Crippen MR) is 63.2 cm³/mol. The molecule has 1 aromatic rings. The molecule has 4 N–H and O–H groups in total. The normalized spacial score (nSPS) is 11.3. The van der Waals surface area contributed by atoms with Crippen LogP contribution in [0.2, 0.25) is 0 Å². The summed E-state index contributed by atoms with van der Waals surface area (Å²) < 4.78 is 39.7. The van der Waals surface area contributed by atoms with E-state index >= 15 is 0 Å². The summed E-state index contributed by atoms with van der Waals surface area (Å²) in [6.07, 6.45) is -4.36. The molecule has 1 aromatic carbocycles. The number of carboxylic acids is 1. The standard InChI is InChI=1S/C11H13F3N2O3/c12-11(13,14)6-19-4-3-16-9-5-7(10(17)18)1-2-8(9)15/h1-2,5,16H,3-4,6,15H2,(H,17,18). The quantitative estimate of drug-likeness (QED) is 0.547. The van der Waals surface area contributed by atoms with Gasteiger partial charge in [-0.3, -0.25) is 0 Å². The van der Waals surface area contributed by atoms with Crippen LogP contribution in [0.25, 0.3) is 0 Å². The number of halogens is 3. The summed E-state index contributed by atoms with van der Waals surface area (Å²) in [4.78, 5) is 10.7. The zero-order valence-corrected chi connectivity index (χ0v) is 9.83. The van der Waals surface area contributed by atoms with E-state index < -0.39 is 18.8 Å². The lowest BCUT2D eigenvalue weighted by Gasteiger charge is -2.11. The number of ether oxygens (including phenoxy) is 1. The number of nitrogen functional groups attached to an aromatic ring is 1. The van der Waals surface area contributed by atoms with Crippen LogP contribution >= 0.6 is 0 Å². The Morgan fingerprint density at radius 2 is 2.11 bits per heavy atom. The molecule has 0 bridgehead atoms. The smallest absolute Gasteiger partial charge is 0.411 e. The summed E-state index contributed by atoms with van der Waals surface area (Å²) in [5, 5.41) is 11.5. The van der Waals surface area contributed by atoms with Crippen molar-refractivity contribution >= 4 is 17.3 Å². The first-order valence-electron chi connectivity index (χ1n) is 5.31. The summed E-state index contributed by atoms with van der Waals surface area (Å²) >= 11 is 0. The lowest BCUT2D eigenvalue weighted by Crippen LogP contribution is -2.20. The van der Waals surface area contributed by atoms with E-state index in [1.54, 1.807) is 0 Å². The van der Waals surface area contributed by atoms with E-state index in [-0.39, 0.29) is 18.7 Å². The molecule has 106 valence electrons. The Kier molecular flexibility index (Phi) is 4.99. The number of nitrogens with one attached hydrogen (secondary N) is 1. The number of anilines is 2. The molecule has 8 heteroatoms. The first kappa shape index (κ1) is 15.1. The average molecular weight is 278 g/mol. The van der Waals surface area contributed by atoms with Crippen molar-refractivity contribution in [1.29, 1.82) is 0 Å². The summed E-state index contributed by atoms with van der Waals surface area (Å²) in [7, 11) is 0. The van der Waals surface area contributed by atoms with Gasteiger partial charge in [-0.05, 0) is 18.2 Å². The number of benzene rings is 1. The Morgan fingerprint density at radius 3 is 2.68 bits per heavy atom. The number of hydrogen-bond acceptors (Lipinski definition) is 4. The highest BCUT2D eigenvalue weighted by Crippen LogP contribution is 2.20. The number of aromatic carboxylic acids is 1. The van der Waals surface area contributed by atoms with Crippen molar-refractivity contribution in [3.8, 4) is 0 Å². The van der Waals surface area contributed by atoms with Crippen molar-refractivity contribution in [3.63, 3.8) is 0 Å². The van der Waals surface area contributed by atoms with E-state index in [2.05, 4.69) is 10.1 Å². The van der Waals surface area contributed by atoms with E-state index in [0.717, 1.165) is 0 Å². The number of hydrogen-bond donors (Lipinski definition) is 3. The maximum atomic E-state index is 11.8. The summed E-state index contributed by atoms with van der Waals surface area (Å²) in [6, 6.07) is 4.05. The van der Waals surface area contributed by atoms with Crippen LogP contribution in [0.3, 0.4) is 0 Å². The third-order valence-electron chi connectivity index (χ3n) is 2.13. The maximum Gasteiger partial charge on any atom is 0.411 e. The van der Waals surface area contributed by atoms with Crippen molar-refractivity contribution in [1.82, 2.24) is 0 Å². The number of alkyl halides is 3. The molecule has 0 unspecified atom stereocenters. The van der Waals surface area contributed by atoms with Gasteiger partial charge in [0.15, 0.2) is 0 Å². The molecule has 0 spiro atoms. The molecule has 5 nitrogen and oxygen atoms in total. The molecule has 19 heavy (non-hydrogen) atoms. The second kappa shape index (κ2) is 6.28. The van der Waals surface area contributed by atoms with Crippen LogP contribution in [0, 0.1) is 0 Å². The zero-order chi connectivity index (χ0) is 14.5. The van der Waals surface area contributed by atoms with Gasteiger partial charge >= 0.3 is 12.1 Å². The van der Waals surface area contributed by atoms with E-state index in [4.69, 9.17) is 10.8 Å². The fourth-order valence-electron chi connectivity index (χ4n) is 1.29. The molecule has 0 saturated carbocycles. The van der Waals surface area contributed by atoms with Gasteiger partial charge in [-0.15, -0.1) is 0 Å². The number of carboxylic acid groups (broad SMARTS) is 1. The van der Waals surface area contributed by atoms with Crippen molar-refractivity contribution in [3.05, 3.63) is 23.8 Å². The molecular formula is C11H13F3N2O3. The molecule has 0 aliphatic rings. The molecule has 0 aliphatic heterocycles. The Labute approximate surface area is 107 Å². The average Bonchev–Trinajstić information content (AvgIpc) is 2.29. The Hall–Kier alpha value is -1.96. The highest BCUT2D eigenvalue weighted by atomic mass is 19.4. The second-order valence-electron chi connectivity index (χ2n) is 3.70. The maximum absolute atomic E-state index is 11.8. The number of rotatable bonds is 6. The van der Waals surface area contributed by atoms with E-state index in [1.165, 1.54) is 18.2 Å². The molecule has 0 aromatic heterocycles. The topological polar surface area (TPSA) is 84.6 Å². The van der Waals surface area contributed by atoms with Gasteiger partial charge in [-0.25, -0.2) is 4.79 Å². The van der Waals surface area contributed by atoms with Gasteiger partial charge in [0.1, 0.15) is 6.61 Å². The van der Waals surface area contributed by atoms with Crippen molar-refractivity contribution in [2.24, 2.45) is 0 Å². The summed E-state index contributed by atoms with van der Waals surface area (Å²) in [5.41, 5.74) is 6.28. The van der Waals surface area contributed by atoms with Gasteiger partial charge in [0.05, 0.1) is 23.5 Å². The highest BCUT2D eigenvalue weighted by Gasteiger charge is 2.27. The lowest BCUT2D eigenvalue weighted by molar-refractivity contribution is -0.172. The molecule has 0 fully saturated rings. The van der Waals surface area contributed by atoms with Gasteiger partial charge in [0, 0.05) is 6.54 Å². The summed E-state index contributed by atoms with van der Waals surface area (Å²) in [5.74, 6) is -1.11. The van der Waals surface area contributed by atoms with Crippen LogP contribution in [-0.2, 0) is 4.74 Å². The van der Waals surface area contributed by atoms with Crippen molar-refractivity contribution in [2.75, 3.05) is 30.8 Å². The van der Waals surface area contributed by atoms with Crippen molar-refractivity contribution < 1.29 is 27.8 Å². The highest BCUT2D eigenvalue weighted by molar-refractivity contribution is 5.90. The van der Waals surface area contributed by atoms with E-state index in [9.17, 15) is 18.0 Å². The Bertz CT molecular complexity index is 449. The Balaban J connectivity index is 2.45. The molecule has 0 heterocycles. The molecule has 1 rings (SSSR count).